The highest BCUT2D eigenvalue weighted by atomic mass is 79.9. The summed E-state index contributed by atoms with van der Waals surface area (Å²) in [6.45, 7) is 0.873. The first kappa shape index (κ1) is 20.7. The Balaban J connectivity index is 1.45. The van der Waals surface area contributed by atoms with E-state index in [9.17, 15) is 0 Å². The Bertz CT molecular complexity index is 1130. The summed E-state index contributed by atoms with van der Waals surface area (Å²) in [4.78, 5) is 8.79. The summed E-state index contributed by atoms with van der Waals surface area (Å²) >= 11 is 9.61. The van der Waals surface area contributed by atoms with E-state index in [0.29, 0.717) is 41.1 Å². The number of nitrogens with two attached hydrogens (primary N) is 1. The van der Waals surface area contributed by atoms with Gasteiger partial charge < -0.3 is 30.0 Å². The predicted molar refractivity (Wildman–Crippen MR) is 120 cm³/mol. The molecule has 2 saturated heterocycles. The minimum absolute atomic E-state index is 0.134. The zero-order valence-corrected chi connectivity index (χ0v) is 18.9. The van der Waals surface area contributed by atoms with Crippen molar-refractivity contribution in [1.29, 1.82) is 0 Å². The Morgan fingerprint density at radius 1 is 1.13 bits per heavy atom. The molecule has 0 unspecified atom stereocenters. The predicted octanol–water partition coefficient (Wildman–Crippen LogP) is 3.67. The molecule has 8 nitrogen and oxygen atoms in total. The molecule has 0 amide bonds. The number of aromatic nitrogens is 2. The minimum Gasteiger partial charge on any atom is -0.493 e. The van der Waals surface area contributed by atoms with Crippen LogP contribution in [-0.4, -0.2) is 54.6 Å². The van der Waals surface area contributed by atoms with Crippen molar-refractivity contribution in [2.24, 2.45) is 5.73 Å². The van der Waals surface area contributed by atoms with Gasteiger partial charge in [-0.1, -0.05) is 11.6 Å². The highest BCUT2D eigenvalue weighted by Gasteiger charge is 2.47. The van der Waals surface area contributed by atoms with E-state index in [2.05, 4.69) is 31.2 Å². The summed E-state index contributed by atoms with van der Waals surface area (Å²) in [6, 6.07) is 9.14. The quantitative estimate of drug-likeness (QED) is 0.539. The van der Waals surface area contributed by atoms with Gasteiger partial charge in [-0.15, -0.1) is 0 Å². The topological polar surface area (TPSA) is 101 Å². The molecule has 3 aromatic rings. The number of halogens is 2. The van der Waals surface area contributed by atoms with Crippen LogP contribution in [0.1, 0.15) is 0 Å². The van der Waals surface area contributed by atoms with Crippen LogP contribution in [0.2, 0.25) is 5.02 Å². The van der Waals surface area contributed by atoms with Crippen molar-refractivity contribution in [1.82, 2.24) is 9.97 Å². The van der Waals surface area contributed by atoms with Crippen LogP contribution < -0.4 is 20.5 Å². The molecule has 3 heterocycles. The summed E-state index contributed by atoms with van der Waals surface area (Å²) in [5.41, 5.74) is 7.55. The van der Waals surface area contributed by atoms with Crippen LogP contribution >= 0.6 is 27.5 Å². The maximum absolute atomic E-state index is 6.22. The van der Waals surface area contributed by atoms with Gasteiger partial charge in [0.25, 0.3) is 0 Å². The van der Waals surface area contributed by atoms with Crippen LogP contribution in [0.3, 0.4) is 0 Å². The summed E-state index contributed by atoms with van der Waals surface area (Å²) in [5.74, 6) is 1.75. The maximum atomic E-state index is 6.22. The highest BCUT2D eigenvalue weighted by molar-refractivity contribution is 9.10. The zero-order valence-electron chi connectivity index (χ0n) is 16.5. The minimum atomic E-state index is -0.269. The van der Waals surface area contributed by atoms with E-state index in [1.807, 2.05) is 30.3 Å². The first-order valence-electron chi connectivity index (χ1n) is 9.74. The number of nitrogens with one attached hydrogen (secondary N) is 1. The van der Waals surface area contributed by atoms with E-state index in [0.717, 1.165) is 15.5 Å². The molecule has 162 valence electrons. The highest BCUT2D eigenvalue weighted by Crippen LogP contribution is 2.38. The number of rotatable bonds is 5. The first-order chi connectivity index (χ1) is 15.0. The van der Waals surface area contributed by atoms with Gasteiger partial charge in [0.05, 0.1) is 36.9 Å². The van der Waals surface area contributed by atoms with Crippen molar-refractivity contribution in [2.45, 2.75) is 24.4 Å². The van der Waals surface area contributed by atoms with Crippen LogP contribution in [0.4, 0.5) is 11.5 Å². The van der Waals surface area contributed by atoms with Crippen molar-refractivity contribution < 1.29 is 18.9 Å². The van der Waals surface area contributed by atoms with Gasteiger partial charge in [0, 0.05) is 21.6 Å². The van der Waals surface area contributed by atoms with Crippen molar-refractivity contribution in [3.05, 3.63) is 46.2 Å². The van der Waals surface area contributed by atoms with E-state index in [4.69, 9.17) is 36.3 Å². The van der Waals surface area contributed by atoms with E-state index in [1.54, 1.807) is 7.11 Å². The van der Waals surface area contributed by atoms with Crippen molar-refractivity contribution in [3.8, 4) is 11.5 Å². The normalized spacial score (nSPS) is 24.9. The average molecular weight is 508 g/mol. The number of methoxy groups -OCH3 is 1. The van der Waals surface area contributed by atoms with Crippen LogP contribution in [0.15, 0.2) is 41.1 Å². The Kier molecular flexibility index (Phi) is 5.61. The molecule has 0 aliphatic carbocycles. The van der Waals surface area contributed by atoms with Gasteiger partial charge in [0.2, 0.25) is 0 Å². The lowest BCUT2D eigenvalue weighted by molar-refractivity contribution is 0.0295. The number of nitrogens with zero attached hydrogens (tertiary/aromatic N) is 2. The third-order valence-electron chi connectivity index (χ3n) is 5.43. The molecule has 0 radical (unpaired) electrons. The molecule has 2 aliphatic heterocycles. The van der Waals surface area contributed by atoms with Gasteiger partial charge in [0.15, 0.2) is 17.6 Å². The lowest BCUT2D eigenvalue weighted by Crippen LogP contribution is -2.38. The van der Waals surface area contributed by atoms with Gasteiger partial charge in [-0.3, -0.25) is 0 Å². The standard InChI is InChI=1S/C21H20BrClN4O4/c1-28-16-5-11-15(6-17(16)31-18-8-30-19-14(24)7-29-20(18)19)25-9-26-21(11)27-10-2-3-12(22)13(23)4-10/h2-6,9,14,18-20H,7-8,24H2,1H3,(H,25,26,27)/t14-,18-,19+,20+/m0/s1. The molecule has 0 spiro atoms. The Morgan fingerprint density at radius 2 is 1.97 bits per heavy atom. The number of hydrogen-bond donors (Lipinski definition) is 2. The third-order valence-corrected chi connectivity index (χ3v) is 6.66. The number of benzene rings is 2. The molecule has 1 aromatic heterocycles. The number of anilines is 2. The lowest BCUT2D eigenvalue weighted by atomic mass is 10.1. The fourth-order valence-electron chi connectivity index (χ4n) is 3.88. The van der Waals surface area contributed by atoms with Crippen LogP contribution in [-0.2, 0) is 9.47 Å². The summed E-state index contributed by atoms with van der Waals surface area (Å²) in [6.07, 6.45) is 0.886. The van der Waals surface area contributed by atoms with E-state index in [-0.39, 0.29) is 24.4 Å². The second-order valence-corrected chi connectivity index (χ2v) is 8.67. The van der Waals surface area contributed by atoms with Crippen molar-refractivity contribution >= 4 is 49.9 Å². The molecule has 2 aliphatic rings. The van der Waals surface area contributed by atoms with Gasteiger partial charge >= 0.3 is 0 Å². The second-order valence-electron chi connectivity index (χ2n) is 7.41. The molecule has 5 rings (SSSR count). The SMILES string of the molecule is COc1cc2c(Nc3ccc(Br)c(Cl)c3)ncnc2cc1O[C@H]1CO[C@H]2[C@@H]1OC[C@@H]2N. The summed E-state index contributed by atoms with van der Waals surface area (Å²) < 4.78 is 24.2. The third kappa shape index (κ3) is 3.92. The monoisotopic (exact) mass is 506 g/mol. The van der Waals surface area contributed by atoms with Gasteiger partial charge in [0.1, 0.15) is 24.4 Å². The molecule has 31 heavy (non-hydrogen) atoms. The smallest absolute Gasteiger partial charge is 0.164 e. The number of fused-ring (bicyclic) bond motifs is 2. The molecule has 4 atom stereocenters. The van der Waals surface area contributed by atoms with Crippen molar-refractivity contribution in [3.63, 3.8) is 0 Å². The summed E-state index contributed by atoms with van der Waals surface area (Å²) in [5, 5.41) is 4.67. The largest absolute Gasteiger partial charge is 0.493 e. The van der Waals surface area contributed by atoms with E-state index < -0.39 is 0 Å². The van der Waals surface area contributed by atoms with Gasteiger partial charge in [-0.2, -0.15) is 0 Å². The summed E-state index contributed by atoms with van der Waals surface area (Å²) in [7, 11) is 1.59. The Labute approximate surface area is 192 Å². The molecule has 10 heteroatoms. The maximum Gasteiger partial charge on any atom is 0.164 e. The van der Waals surface area contributed by atoms with Crippen LogP contribution in [0.5, 0.6) is 11.5 Å². The van der Waals surface area contributed by atoms with Crippen LogP contribution in [0, 0.1) is 0 Å². The number of ether oxygens (including phenoxy) is 4. The second kappa shape index (κ2) is 8.40. The molecule has 2 fully saturated rings. The molecule has 0 saturated carbocycles. The lowest BCUT2D eigenvalue weighted by Gasteiger charge is -2.20. The molecular formula is C21H20BrClN4O4. The zero-order chi connectivity index (χ0) is 21.5. The molecule has 3 N–H and O–H groups in total. The number of hydrogen-bond acceptors (Lipinski definition) is 8. The molecule has 0 bridgehead atoms. The first-order valence-corrected chi connectivity index (χ1v) is 10.9. The van der Waals surface area contributed by atoms with Gasteiger partial charge in [-0.25, -0.2) is 9.97 Å². The Hall–Kier alpha value is -2.17. The average Bonchev–Trinajstić information content (AvgIpc) is 3.34. The van der Waals surface area contributed by atoms with E-state index in [1.165, 1.54) is 6.33 Å². The molecular weight excluding hydrogens is 488 g/mol. The van der Waals surface area contributed by atoms with Crippen LogP contribution in [0.25, 0.3) is 10.9 Å². The van der Waals surface area contributed by atoms with Gasteiger partial charge in [-0.05, 0) is 40.2 Å². The van der Waals surface area contributed by atoms with Crippen molar-refractivity contribution in [2.75, 3.05) is 25.6 Å². The fourth-order valence-corrected chi connectivity index (χ4v) is 4.31. The fraction of sp³-hybridized carbons (Fsp3) is 0.333. The molecule has 2 aromatic carbocycles. The van der Waals surface area contributed by atoms with E-state index >= 15 is 0 Å². The Morgan fingerprint density at radius 3 is 2.77 bits per heavy atom.